The Kier molecular flexibility index (Phi) is 4.14. The topological polar surface area (TPSA) is 59.2 Å². The first-order chi connectivity index (χ1) is 10.9. The molecule has 1 aromatic carbocycles. The Hall–Kier alpha value is -1.89. The number of rotatable bonds is 2. The number of hydrogen-bond donors (Lipinski definition) is 0. The van der Waals surface area contributed by atoms with Gasteiger partial charge in [0.1, 0.15) is 11.9 Å². The van der Waals surface area contributed by atoms with Gasteiger partial charge < -0.3 is 9.42 Å². The van der Waals surface area contributed by atoms with Gasteiger partial charge in [0.15, 0.2) is 0 Å². The van der Waals surface area contributed by atoms with E-state index >= 15 is 0 Å². The first kappa shape index (κ1) is 16.0. The zero-order chi connectivity index (χ0) is 16.6. The lowest BCUT2D eigenvalue weighted by Gasteiger charge is -2.28. The summed E-state index contributed by atoms with van der Waals surface area (Å²) in [7, 11) is 0. The fourth-order valence-electron chi connectivity index (χ4n) is 2.40. The normalized spacial score (nSPS) is 18.4. The van der Waals surface area contributed by atoms with E-state index in [1.54, 1.807) is 34.9 Å². The van der Waals surface area contributed by atoms with Crippen LogP contribution in [0.5, 0.6) is 0 Å². The van der Waals surface area contributed by atoms with E-state index in [2.05, 4.69) is 10.1 Å². The van der Waals surface area contributed by atoms with Gasteiger partial charge in [-0.25, -0.2) is 4.39 Å². The maximum atomic E-state index is 13.8. The van der Waals surface area contributed by atoms with Crippen LogP contribution in [0.3, 0.4) is 0 Å². The van der Waals surface area contributed by atoms with Gasteiger partial charge in [-0.1, -0.05) is 38.1 Å². The maximum absolute atomic E-state index is 13.8. The summed E-state index contributed by atoms with van der Waals surface area (Å²) in [4.78, 5) is 18.6. The Balaban J connectivity index is 1.88. The Bertz CT molecular complexity index is 726. The molecule has 2 aromatic rings. The smallest absolute Gasteiger partial charge is 0.250 e. The SMILES string of the molecule is CC(C)(C)C(=O)N1CSCC1c1nc(-c2ccccc2F)no1. The zero-order valence-corrected chi connectivity index (χ0v) is 14.1. The van der Waals surface area contributed by atoms with Crippen molar-refractivity contribution in [3.63, 3.8) is 0 Å². The number of benzene rings is 1. The molecule has 122 valence electrons. The molecule has 0 saturated carbocycles. The molecule has 1 unspecified atom stereocenters. The number of aromatic nitrogens is 2. The van der Waals surface area contributed by atoms with E-state index < -0.39 is 11.2 Å². The second kappa shape index (κ2) is 5.96. The van der Waals surface area contributed by atoms with Crippen molar-refractivity contribution >= 4 is 17.7 Å². The van der Waals surface area contributed by atoms with Gasteiger partial charge in [0, 0.05) is 11.2 Å². The lowest BCUT2D eigenvalue weighted by molar-refractivity contribution is -0.140. The van der Waals surface area contributed by atoms with E-state index in [0.29, 0.717) is 23.1 Å². The van der Waals surface area contributed by atoms with Crippen LogP contribution in [0.1, 0.15) is 32.7 Å². The van der Waals surface area contributed by atoms with Gasteiger partial charge in [-0.2, -0.15) is 4.98 Å². The molecule has 1 aromatic heterocycles. The maximum Gasteiger partial charge on any atom is 0.250 e. The summed E-state index contributed by atoms with van der Waals surface area (Å²) in [6.45, 7) is 5.65. The second-order valence-electron chi connectivity index (χ2n) is 6.48. The van der Waals surface area contributed by atoms with Gasteiger partial charge in [-0.05, 0) is 12.1 Å². The third kappa shape index (κ3) is 3.10. The summed E-state index contributed by atoms with van der Waals surface area (Å²) in [6, 6.07) is 6.02. The molecule has 5 nitrogen and oxygen atoms in total. The van der Waals surface area contributed by atoms with E-state index in [0.717, 1.165) is 0 Å². The number of thioether (sulfide) groups is 1. The van der Waals surface area contributed by atoms with Crippen LogP contribution in [-0.2, 0) is 4.79 Å². The Morgan fingerprint density at radius 3 is 2.83 bits per heavy atom. The van der Waals surface area contributed by atoms with Crippen LogP contribution in [0, 0.1) is 11.2 Å². The third-order valence-corrected chi connectivity index (χ3v) is 4.64. The highest BCUT2D eigenvalue weighted by Crippen LogP contribution is 2.36. The standard InChI is InChI=1S/C16H18FN3O2S/c1-16(2,3)15(21)20-9-23-8-12(20)14-18-13(19-22-14)10-6-4-5-7-11(10)17/h4-7,12H,8-9H2,1-3H3. The molecule has 3 rings (SSSR count). The van der Waals surface area contributed by atoms with Crippen LogP contribution in [0.25, 0.3) is 11.4 Å². The predicted molar refractivity (Wildman–Crippen MR) is 86.1 cm³/mol. The van der Waals surface area contributed by atoms with Crippen LogP contribution in [0.2, 0.25) is 0 Å². The molecular weight excluding hydrogens is 317 g/mol. The quantitative estimate of drug-likeness (QED) is 0.841. The third-order valence-electron chi connectivity index (χ3n) is 3.63. The first-order valence-corrected chi connectivity index (χ1v) is 8.50. The van der Waals surface area contributed by atoms with Gasteiger partial charge in [0.05, 0.1) is 11.4 Å². The number of hydrogen-bond acceptors (Lipinski definition) is 5. The largest absolute Gasteiger partial charge is 0.337 e. The number of amides is 1. The molecule has 23 heavy (non-hydrogen) atoms. The first-order valence-electron chi connectivity index (χ1n) is 7.35. The van der Waals surface area contributed by atoms with Gasteiger partial charge in [0.25, 0.3) is 5.89 Å². The Morgan fingerprint density at radius 2 is 2.13 bits per heavy atom. The van der Waals surface area contributed by atoms with Gasteiger partial charge in [-0.3, -0.25) is 4.79 Å². The van der Waals surface area contributed by atoms with E-state index in [1.165, 1.54) is 6.07 Å². The van der Waals surface area contributed by atoms with Crippen LogP contribution < -0.4 is 0 Å². The molecular formula is C16H18FN3O2S. The zero-order valence-electron chi connectivity index (χ0n) is 13.2. The van der Waals surface area contributed by atoms with E-state index in [4.69, 9.17) is 4.52 Å². The molecule has 0 bridgehead atoms. The van der Waals surface area contributed by atoms with Gasteiger partial charge in [0.2, 0.25) is 11.7 Å². The number of carbonyl (C=O) groups is 1. The van der Waals surface area contributed by atoms with Crippen molar-refractivity contribution in [1.29, 1.82) is 0 Å². The summed E-state index contributed by atoms with van der Waals surface area (Å²) in [6.07, 6.45) is 0. The molecule has 2 heterocycles. The average Bonchev–Trinajstić information content (AvgIpc) is 3.14. The number of halogens is 1. The molecule has 1 aliphatic heterocycles. The van der Waals surface area contributed by atoms with Crippen molar-refractivity contribution in [2.75, 3.05) is 11.6 Å². The average molecular weight is 335 g/mol. The van der Waals surface area contributed by atoms with E-state index in [-0.39, 0.29) is 17.8 Å². The fourth-order valence-corrected chi connectivity index (χ4v) is 3.55. The molecule has 7 heteroatoms. The van der Waals surface area contributed by atoms with Crippen molar-refractivity contribution in [2.24, 2.45) is 5.41 Å². The monoisotopic (exact) mass is 335 g/mol. The molecule has 0 spiro atoms. The van der Waals surface area contributed by atoms with Crippen molar-refractivity contribution in [1.82, 2.24) is 15.0 Å². The lowest BCUT2D eigenvalue weighted by Crippen LogP contribution is -2.39. The molecule has 0 aliphatic carbocycles. The number of nitrogens with zero attached hydrogens (tertiary/aromatic N) is 3. The molecule has 1 saturated heterocycles. The summed E-state index contributed by atoms with van der Waals surface area (Å²) in [5.74, 6) is 1.49. The van der Waals surface area contributed by atoms with Crippen LogP contribution >= 0.6 is 11.8 Å². The van der Waals surface area contributed by atoms with Crippen molar-refractivity contribution < 1.29 is 13.7 Å². The van der Waals surface area contributed by atoms with Crippen molar-refractivity contribution in [2.45, 2.75) is 26.8 Å². The molecule has 1 amide bonds. The minimum absolute atomic E-state index is 0.0399. The van der Waals surface area contributed by atoms with Crippen molar-refractivity contribution in [3.05, 3.63) is 36.0 Å². The highest BCUT2D eigenvalue weighted by atomic mass is 32.2. The Morgan fingerprint density at radius 1 is 1.39 bits per heavy atom. The summed E-state index contributed by atoms with van der Waals surface area (Å²) < 4.78 is 19.1. The molecule has 1 atom stereocenters. The van der Waals surface area contributed by atoms with E-state index in [9.17, 15) is 9.18 Å². The van der Waals surface area contributed by atoms with Crippen molar-refractivity contribution in [3.8, 4) is 11.4 Å². The minimum atomic E-state index is -0.475. The highest BCUT2D eigenvalue weighted by molar-refractivity contribution is 7.99. The van der Waals surface area contributed by atoms with Crippen LogP contribution in [0.4, 0.5) is 4.39 Å². The van der Waals surface area contributed by atoms with Gasteiger partial charge in [-0.15, -0.1) is 11.8 Å². The molecule has 0 radical (unpaired) electrons. The number of carbonyl (C=O) groups excluding carboxylic acids is 1. The fraction of sp³-hybridized carbons (Fsp3) is 0.438. The minimum Gasteiger partial charge on any atom is -0.337 e. The molecule has 0 N–H and O–H groups in total. The summed E-state index contributed by atoms with van der Waals surface area (Å²) in [5.41, 5.74) is -0.181. The van der Waals surface area contributed by atoms with Crippen LogP contribution in [-0.4, -0.2) is 32.6 Å². The summed E-state index contributed by atoms with van der Waals surface area (Å²) >= 11 is 1.64. The summed E-state index contributed by atoms with van der Waals surface area (Å²) in [5, 5.41) is 3.87. The predicted octanol–water partition coefficient (Wildman–Crippen LogP) is 3.50. The highest BCUT2D eigenvalue weighted by Gasteiger charge is 2.39. The van der Waals surface area contributed by atoms with E-state index in [1.807, 2.05) is 20.8 Å². The van der Waals surface area contributed by atoms with Crippen LogP contribution in [0.15, 0.2) is 28.8 Å². The Labute approximate surface area is 138 Å². The molecule has 1 aliphatic rings. The molecule has 1 fully saturated rings. The lowest BCUT2D eigenvalue weighted by atomic mass is 9.94. The van der Waals surface area contributed by atoms with Gasteiger partial charge >= 0.3 is 0 Å². The second-order valence-corrected chi connectivity index (χ2v) is 7.48.